The number of anilines is 3. The standard InChI is InChI=1S/C71H56N2.C2H6/c1-7-21-46(9-3)47-33-38-51(39-34-47)72(67-32-20-31-64-69(67)56-27-16-19-30-63(56)71(64)61(22-8-2)53(10-4)54-25-15-18-29-62(54)71)52-40-35-48(36-41-52)49-37-42-66-58(43-49)59-44-57-55-26-14-17-28-60(55)70(5,6)65(57)45-68(59)73(66)50-23-12-11-13-24-50;1-2/h7-45H,4H2,1-3,5-6H3;1-2H3/b21-7-,22-8-,46-9+;. The minimum Gasteiger partial charge on any atom is -0.310 e. The molecule has 0 saturated carbocycles. The van der Waals surface area contributed by atoms with Crippen molar-refractivity contribution in [3.05, 3.63) is 288 Å². The molecule has 75 heavy (non-hydrogen) atoms. The molecule has 13 rings (SSSR count). The molecule has 0 amide bonds. The normalized spacial score (nSPS) is 15.8. The Labute approximate surface area is 443 Å². The fraction of sp³-hybridized carbons (Fsp3) is 0.123. The second kappa shape index (κ2) is 18.6. The van der Waals surface area contributed by atoms with Crippen molar-refractivity contribution in [3.8, 4) is 39.1 Å². The second-order valence-electron chi connectivity index (χ2n) is 20.2. The quantitative estimate of drug-likeness (QED) is 0.131. The largest absolute Gasteiger partial charge is 0.310 e. The van der Waals surface area contributed by atoms with E-state index in [1.807, 2.05) is 13.8 Å². The highest BCUT2D eigenvalue weighted by atomic mass is 15.1. The number of hydrogen-bond acceptors (Lipinski definition) is 1. The Kier molecular flexibility index (Phi) is 11.8. The van der Waals surface area contributed by atoms with Crippen LogP contribution < -0.4 is 4.90 Å². The fourth-order valence-electron chi connectivity index (χ4n) is 13.0. The minimum atomic E-state index is -0.511. The zero-order valence-electron chi connectivity index (χ0n) is 44.1. The summed E-state index contributed by atoms with van der Waals surface area (Å²) >= 11 is 0. The molecule has 9 aromatic carbocycles. The van der Waals surface area contributed by atoms with Gasteiger partial charge < -0.3 is 9.47 Å². The monoisotopic (exact) mass is 966 g/mol. The lowest BCUT2D eigenvalue weighted by atomic mass is 9.69. The Balaban J connectivity index is 0.00000281. The summed E-state index contributed by atoms with van der Waals surface area (Å²) in [5, 5.41) is 2.51. The van der Waals surface area contributed by atoms with Gasteiger partial charge in [0.05, 0.1) is 22.1 Å². The predicted molar refractivity (Wildman–Crippen MR) is 322 cm³/mol. The van der Waals surface area contributed by atoms with Gasteiger partial charge >= 0.3 is 0 Å². The maximum Gasteiger partial charge on any atom is 0.0726 e. The molecule has 0 radical (unpaired) electrons. The van der Waals surface area contributed by atoms with E-state index in [4.69, 9.17) is 0 Å². The average Bonchev–Trinajstić information content (AvgIpc) is 4.15. The van der Waals surface area contributed by atoms with Crippen LogP contribution >= 0.6 is 0 Å². The number of fused-ring (bicyclic) bond motifs is 13. The summed E-state index contributed by atoms with van der Waals surface area (Å²) < 4.78 is 2.46. The molecule has 0 aliphatic heterocycles. The number of rotatable bonds is 9. The van der Waals surface area contributed by atoms with Crippen LogP contribution in [0.4, 0.5) is 17.1 Å². The van der Waals surface area contributed by atoms with Crippen molar-refractivity contribution < 1.29 is 0 Å². The number of nitrogens with zero attached hydrogens (tertiary/aromatic N) is 2. The molecule has 364 valence electrons. The summed E-state index contributed by atoms with van der Waals surface area (Å²) in [5.74, 6) is 0. The smallest absolute Gasteiger partial charge is 0.0726 e. The van der Waals surface area contributed by atoms with E-state index in [0.29, 0.717) is 0 Å². The molecule has 0 N–H and O–H groups in total. The molecular weight excluding hydrogens is 905 g/mol. The van der Waals surface area contributed by atoms with Crippen LogP contribution in [-0.4, -0.2) is 4.57 Å². The van der Waals surface area contributed by atoms with E-state index in [1.165, 1.54) is 111 Å². The second-order valence-corrected chi connectivity index (χ2v) is 20.2. The van der Waals surface area contributed by atoms with Crippen LogP contribution in [0.2, 0.25) is 0 Å². The summed E-state index contributed by atoms with van der Waals surface area (Å²) in [4.78, 5) is 2.47. The highest BCUT2D eigenvalue weighted by Gasteiger charge is 2.52. The Morgan fingerprint density at radius 1 is 0.507 bits per heavy atom. The van der Waals surface area contributed by atoms with E-state index in [9.17, 15) is 0 Å². The van der Waals surface area contributed by atoms with Gasteiger partial charge in [0, 0.05) is 38.8 Å². The van der Waals surface area contributed by atoms with Gasteiger partial charge in [0.2, 0.25) is 0 Å². The van der Waals surface area contributed by atoms with Gasteiger partial charge in [0.15, 0.2) is 0 Å². The number of para-hydroxylation sites is 1. The van der Waals surface area contributed by atoms with Crippen molar-refractivity contribution in [2.45, 2.75) is 59.3 Å². The van der Waals surface area contributed by atoms with Crippen molar-refractivity contribution in [3.63, 3.8) is 0 Å². The molecule has 1 atom stereocenters. The molecule has 0 saturated heterocycles. The Bertz CT molecular complexity index is 4020. The predicted octanol–water partition coefficient (Wildman–Crippen LogP) is 20.1. The molecular formula is C73H62N2. The highest BCUT2D eigenvalue weighted by molar-refractivity contribution is 6.13. The first-order valence-corrected chi connectivity index (χ1v) is 26.7. The van der Waals surface area contributed by atoms with Crippen LogP contribution in [0.25, 0.3) is 72.0 Å². The van der Waals surface area contributed by atoms with Gasteiger partial charge in [-0.15, -0.1) is 0 Å². The first-order valence-electron chi connectivity index (χ1n) is 26.7. The Morgan fingerprint density at radius 2 is 1.11 bits per heavy atom. The van der Waals surface area contributed by atoms with E-state index in [2.05, 4.69) is 287 Å². The van der Waals surface area contributed by atoms with E-state index in [0.717, 1.165) is 22.7 Å². The lowest BCUT2D eigenvalue weighted by Gasteiger charge is -2.32. The lowest BCUT2D eigenvalue weighted by molar-refractivity contribution is 0.661. The molecule has 10 aromatic rings. The van der Waals surface area contributed by atoms with E-state index < -0.39 is 5.41 Å². The van der Waals surface area contributed by atoms with E-state index >= 15 is 0 Å². The van der Waals surface area contributed by atoms with E-state index in [1.54, 1.807) is 0 Å². The Hall–Kier alpha value is -8.72. The van der Waals surface area contributed by atoms with Gasteiger partial charge in [0.1, 0.15) is 0 Å². The summed E-state index contributed by atoms with van der Waals surface area (Å²) in [6.07, 6.45) is 13.0. The van der Waals surface area contributed by atoms with E-state index in [-0.39, 0.29) is 5.41 Å². The van der Waals surface area contributed by atoms with Gasteiger partial charge in [-0.2, -0.15) is 0 Å². The molecule has 1 aromatic heterocycles. The first-order chi connectivity index (χ1) is 36.8. The van der Waals surface area contributed by atoms with Crippen LogP contribution in [-0.2, 0) is 10.8 Å². The number of aromatic nitrogens is 1. The number of hydrogen-bond donors (Lipinski definition) is 0. The third-order valence-electron chi connectivity index (χ3n) is 16.2. The third kappa shape index (κ3) is 7.00. The molecule has 0 fully saturated rings. The summed E-state index contributed by atoms with van der Waals surface area (Å²) in [5.41, 5.74) is 26.5. The molecule has 1 unspecified atom stereocenters. The van der Waals surface area contributed by atoms with Crippen molar-refractivity contribution in [1.29, 1.82) is 0 Å². The van der Waals surface area contributed by atoms with Gasteiger partial charge in [-0.3, -0.25) is 0 Å². The van der Waals surface area contributed by atoms with Gasteiger partial charge in [-0.1, -0.05) is 204 Å². The number of benzene rings is 9. The van der Waals surface area contributed by atoms with Crippen LogP contribution in [0.3, 0.4) is 0 Å². The topological polar surface area (TPSA) is 8.17 Å². The van der Waals surface area contributed by atoms with Crippen molar-refractivity contribution >= 4 is 50.0 Å². The van der Waals surface area contributed by atoms with Crippen LogP contribution in [0, 0.1) is 0 Å². The lowest BCUT2D eigenvalue weighted by Crippen LogP contribution is -2.27. The van der Waals surface area contributed by atoms with Crippen molar-refractivity contribution in [1.82, 2.24) is 4.57 Å². The van der Waals surface area contributed by atoms with Gasteiger partial charge in [0.25, 0.3) is 0 Å². The molecule has 2 nitrogen and oxygen atoms in total. The van der Waals surface area contributed by atoms with Crippen LogP contribution in [0.1, 0.15) is 87.4 Å². The van der Waals surface area contributed by atoms with Crippen LogP contribution in [0.15, 0.2) is 249 Å². The first kappa shape index (κ1) is 47.3. The zero-order chi connectivity index (χ0) is 51.6. The molecule has 1 spiro atoms. The van der Waals surface area contributed by atoms with Crippen molar-refractivity contribution in [2.24, 2.45) is 0 Å². The van der Waals surface area contributed by atoms with Crippen molar-refractivity contribution in [2.75, 3.05) is 4.90 Å². The van der Waals surface area contributed by atoms with Crippen LogP contribution in [0.5, 0.6) is 0 Å². The van der Waals surface area contributed by atoms with Gasteiger partial charge in [-0.05, 0) is 171 Å². The third-order valence-corrected chi connectivity index (χ3v) is 16.2. The summed E-state index contributed by atoms with van der Waals surface area (Å²) in [7, 11) is 0. The zero-order valence-corrected chi connectivity index (χ0v) is 44.1. The fourth-order valence-corrected chi connectivity index (χ4v) is 13.0. The average molecular weight is 967 g/mol. The summed E-state index contributed by atoms with van der Waals surface area (Å²) in [6.45, 7) is 19.4. The minimum absolute atomic E-state index is 0.100. The Morgan fingerprint density at radius 3 is 1.79 bits per heavy atom. The number of allylic oxidation sites excluding steroid dienone is 9. The molecule has 0 bridgehead atoms. The molecule has 2 heteroatoms. The molecule has 3 aliphatic rings. The maximum atomic E-state index is 4.39. The highest BCUT2D eigenvalue weighted by Crippen LogP contribution is 2.64. The maximum absolute atomic E-state index is 4.39. The molecule has 3 aliphatic carbocycles. The molecule has 1 heterocycles. The van der Waals surface area contributed by atoms with Gasteiger partial charge in [-0.25, -0.2) is 0 Å². The SMILES string of the molecule is C=CC1=C(/C=C\C)C2(c3ccccc31)c1ccccc1-c1c(N(c3ccc(C(/C=C\C)=C/C)cc3)c3ccc(-c4ccc5c(c4)c4cc6c(cc4n5-c4ccccc4)C(C)(C)c4ccccc4-6)cc3)cccc12.CC. The summed E-state index contributed by atoms with van der Waals surface area (Å²) in [6, 6.07) is 75.1.